The first-order valence-electron chi connectivity index (χ1n) is 5.95. The van der Waals surface area contributed by atoms with Crippen molar-refractivity contribution in [2.75, 3.05) is 13.1 Å². The summed E-state index contributed by atoms with van der Waals surface area (Å²) in [5.41, 5.74) is -0.521. The molecule has 0 heterocycles. The monoisotopic (exact) mass is 368 g/mol. The average Bonchev–Trinajstić information content (AvgIpc) is 2.36. The quantitative estimate of drug-likeness (QED) is 0.586. The average molecular weight is 369 g/mol. The van der Waals surface area contributed by atoms with E-state index in [9.17, 15) is 28.1 Å². The predicted octanol–water partition coefficient (Wildman–Crippen LogP) is 3.77. The largest absolute Gasteiger partial charge is 0.406 e. The van der Waals surface area contributed by atoms with Gasteiger partial charge in [0.2, 0.25) is 0 Å². The second-order valence-corrected chi connectivity index (χ2v) is 5.12. The Balaban J connectivity index is 3.09. The van der Waals surface area contributed by atoms with Crippen molar-refractivity contribution >= 4 is 27.5 Å². The molecule has 0 spiro atoms. The number of carbonyl (C=O) groups excluding carboxylic acids is 1. The molecule has 0 unspecified atom stereocenters. The van der Waals surface area contributed by atoms with Crippen molar-refractivity contribution in [2.24, 2.45) is 0 Å². The zero-order chi connectivity index (χ0) is 16.2. The first-order chi connectivity index (χ1) is 9.65. The molecule has 0 saturated carbocycles. The first kappa shape index (κ1) is 17.4. The van der Waals surface area contributed by atoms with Gasteiger partial charge in [-0.05, 0) is 34.5 Å². The molecule has 0 aliphatic heterocycles. The van der Waals surface area contributed by atoms with Gasteiger partial charge in [0.15, 0.2) is 0 Å². The summed E-state index contributed by atoms with van der Waals surface area (Å²) in [6.45, 7) is 0.173. The standard InChI is InChI=1S/C12H12BrF3N2O3/c1-2-5-17(7-12(14,15)16)11(19)8-3-4-9(13)10(6-8)18(20)21/h3-4,6H,2,5,7H2,1H3. The van der Waals surface area contributed by atoms with Crippen molar-refractivity contribution in [1.29, 1.82) is 0 Å². The van der Waals surface area contributed by atoms with Gasteiger partial charge in [-0.2, -0.15) is 13.2 Å². The van der Waals surface area contributed by atoms with Crippen LogP contribution in [0.4, 0.5) is 18.9 Å². The minimum absolute atomic E-state index is 0.0811. The minimum atomic E-state index is -4.52. The molecule has 0 aliphatic rings. The van der Waals surface area contributed by atoms with E-state index in [2.05, 4.69) is 15.9 Å². The Morgan fingerprint density at radius 3 is 2.52 bits per heavy atom. The van der Waals surface area contributed by atoms with Crippen molar-refractivity contribution in [1.82, 2.24) is 4.90 Å². The van der Waals surface area contributed by atoms with E-state index in [1.807, 2.05) is 0 Å². The first-order valence-corrected chi connectivity index (χ1v) is 6.75. The maximum absolute atomic E-state index is 12.5. The maximum Gasteiger partial charge on any atom is 0.406 e. The van der Waals surface area contributed by atoms with Gasteiger partial charge >= 0.3 is 6.18 Å². The van der Waals surface area contributed by atoms with Crippen molar-refractivity contribution in [3.63, 3.8) is 0 Å². The van der Waals surface area contributed by atoms with E-state index >= 15 is 0 Å². The second-order valence-electron chi connectivity index (χ2n) is 4.27. The second kappa shape index (κ2) is 6.88. The van der Waals surface area contributed by atoms with E-state index in [4.69, 9.17) is 0 Å². The number of halogens is 4. The number of hydrogen-bond acceptors (Lipinski definition) is 3. The van der Waals surface area contributed by atoms with E-state index in [0.717, 1.165) is 6.07 Å². The summed E-state index contributed by atoms with van der Waals surface area (Å²) in [4.78, 5) is 22.8. The Bertz CT molecular complexity index is 549. The molecule has 116 valence electrons. The Morgan fingerprint density at radius 1 is 1.43 bits per heavy atom. The van der Waals surface area contributed by atoms with Crippen molar-refractivity contribution in [2.45, 2.75) is 19.5 Å². The summed E-state index contributed by atoms with van der Waals surface area (Å²) >= 11 is 2.95. The van der Waals surface area contributed by atoms with Crippen LogP contribution in [-0.4, -0.2) is 35.0 Å². The molecular formula is C12H12BrF3N2O3. The fourth-order valence-electron chi connectivity index (χ4n) is 1.71. The van der Waals surface area contributed by atoms with Gasteiger partial charge < -0.3 is 4.90 Å². The molecule has 1 aromatic carbocycles. The molecule has 0 aromatic heterocycles. The lowest BCUT2D eigenvalue weighted by Gasteiger charge is -2.23. The predicted molar refractivity (Wildman–Crippen MR) is 73.0 cm³/mol. The van der Waals surface area contributed by atoms with Gasteiger partial charge in [0, 0.05) is 18.2 Å². The molecule has 0 atom stereocenters. The Labute approximate surface area is 127 Å². The zero-order valence-electron chi connectivity index (χ0n) is 11.0. The molecule has 1 rings (SSSR count). The van der Waals surface area contributed by atoms with Crippen LogP contribution in [0.3, 0.4) is 0 Å². The highest BCUT2D eigenvalue weighted by molar-refractivity contribution is 9.10. The number of nitro benzene ring substituents is 1. The van der Waals surface area contributed by atoms with Crippen LogP contribution in [-0.2, 0) is 0 Å². The number of alkyl halides is 3. The summed E-state index contributed by atoms with van der Waals surface area (Å²) in [5.74, 6) is -0.884. The van der Waals surface area contributed by atoms with Gasteiger partial charge in [0.1, 0.15) is 6.54 Å². The summed E-state index contributed by atoms with van der Waals surface area (Å²) < 4.78 is 37.6. The fraction of sp³-hybridized carbons (Fsp3) is 0.417. The van der Waals surface area contributed by atoms with E-state index in [1.54, 1.807) is 6.92 Å². The van der Waals surface area contributed by atoms with Crippen LogP contribution >= 0.6 is 15.9 Å². The van der Waals surface area contributed by atoms with E-state index in [0.29, 0.717) is 11.3 Å². The van der Waals surface area contributed by atoms with E-state index < -0.39 is 23.6 Å². The highest BCUT2D eigenvalue weighted by Gasteiger charge is 2.33. The lowest BCUT2D eigenvalue weighted by atomic mass is 10.1. The van der Waals surface area contributed by atoms with Crippen LogP contribution < -0.4 is 0 Å². The topological polar surface area (TPSA) is 63.5 Å². The van der Waals surface area contributed by atoms with E-state index in [1.165, 1.54) is 12.1 Å². The highest BCUT2D eigenvalue weighted by Crippen LogP contribution is 2.27. The third-order valence-corrected chi connectivity index (χ3v) is 3.21. The number of benzene rings is 1. The molecule has 9 heteroatoms. The fourth-order valence-corrected chi connectivity index (χ4v) is 2.10. The molecule has 1 aromatic rings. The van der Waals surface area contributed by atoms with E-state index in [-0.39, 0.29) is 22.3 Å². The SMILES string of the molecule is CCCN(CC(F)(F)F)C(=O)c1ccc(Br)c([N+](=O)[O-])c1. The summed E-state index contributed by atoms with van der Waals surface area (Å²) in [5, 5.41) is 10.8. The summed E-state index contributed by atoms with van der Waals surface area (Å²) in [6.07, 6.45) is -4.17. The number of nitrogens with zero attached hydrogens (tertiary/aromatic N) is 2. The van der Waals surface area contributed by atoms with Crippen LogP contribution in [0.2, 0.25) is 0 Å². The highest BCUT2D eigenvalue weighted by atomic mass is 79.9. The molecular weight excluding hydrogens is 357 g/mol. The Morgan fingerprint density at radius 2 is 2.05 bits per heavy atom. The number of carbonyl (C=O) groups is 1. The molecule has 5 nitrogen and oxygen atoms in total. The van der Waals surface area contributed by atoms with Gasteiger partial charge in [0.05, 0.1) is 9.40 Å². The number of amides is 1. The van der Waals surface area contributed by atoms with Crippen LogP contribution in [0, 0.1) is 10.1 Å². The van der Waals surface area contributed by atoms with Crippen molar-refractivity contribution < 1.29 is 22.9 Å². The summed E-state index contributed by atoms with van der Waals surface area (Å²) in [6, 6.07) is 3.48. The smallest absolute Gasteiger partial charge is 0.330 e. The van der Waals surface area contributed by atoms with Gasteiger partial charge in [-0.1, -0.05) is 6.92 Å². The van der Waals surface area contributed by atoms with Crippen molar-refractivity contribution in [3.05, 3.63) is 38.3 Å². The van der Waals surface area contributed by atoms with Crippen LogP contribution in [0.15, 0.2) is 22.7 Å². The third kappa shape index (κ3) is 5.00. The maximum atomic E-state index is 12.5. The lowest BCUT2D eigenvalue weighted by molar-refractivity contribution is -0.385. The van der Waals surface area contributed by atoms with Crippen molar-refractivity contribution in [3.8, 4) is 0 Å². The number of rotatable bonds is 5. The number of nitro groups is 1. The minimum Gasteiger partial charge on any atom is -0.330 e. The van der Waals surface area contributed by atoms with Gasteiger partial charge in [-0.25, -0.2) is 0 Å². The van der Waals surface area contributed by atoms with Crippen LogP contribution in [0.5, 0.6) is 0 Å². The lowest BCUT2D eigenvalue weighted by Crippen LogP contribution is -2.39. The summed E-state index contributed by atoms with van der Waals surface area (Å²) in [7, 11) is 0. The van der Waals surface area contributed by atoms with Gasteiger partial charge in [-0.15, -0.1) is 0 Å². The van der Waals surface area contributed by atoms with Crippen LogP contribution in [0.25, 0.3) is 0 Å². The third-order valence-electron chi connectivity index (χ3n) is 2.54. The molecule has 21 heavy (non-hydrogen) atoms. The molecule has 0 fully saturated rings. The molecule has 1 amide bonds. The molecule has 0 N–H and O–H groups in total. The normalized spacial score (nSPS) is 11.3. The molecule has 0 radical (unpaired) electrons. The van der Waals surface area contributed by atoms with Crippen LogP contribution in [0.1, 0.15) is 23.7 Å². The molecule has 0 bridgehead atoms. The zero-order valence-corrected chi connectivity index (χ0v) is 12.6. The number of hydrogen-bond donors (Lipinski definition) is 0. The molecule has 0 aliphatic carbocycles. The molecule has 0 saturated heterocycles. The van der Waals surface area contributed by atoms with Gasteiger partial charge in [0.25, 0.3) is 11.6 Å². The Hall–Kier alpha value is -1.64. The van der Waals surface area contributed by atoms with Gasteiger partial charge in [-0.3, -0.25) is 14.9 Å². The Kier molecular flexibility index (Phi) is 5.70.